The highest BCUT2D eigenvalue weighted by atomic mass is 79.9. The van der Waals surface area contributed by atoms with Crippen molar-refractivity contribution in [2.24, 2.45) is 0 Å². The lowest BCUT2D eigenvalue weighted by Crippen LogP contribution is -2.41. The average molecular weight is 328 g/mol. The van der Waals surface area contributed by atoms with Gasteiger partial charge in [-0.3, -0.25) is 4.79 Å². The molecule has 5 nitrogen and oxygen atoms in total. The summed E-state index contributed by atoms with van der Waals surface area (Å²) in [7, 11) is 3.93. The van der Waals surface area contributed by atoms with Crippen molar-refractivity contribution in [3.05, 3.63) is 28.5 Å². The maximum Gasteiger partial charge on any atom is 0.256 e. The Hall–Kier alpha value is -0.980. The minimum Gasteiger partial charge on any atom is -0.391 e. The lowest BCUT2D eigenvalue weighted by molar-refractivity contribution is 0.0697. The van der Waals surface area contributed by atoms with Crippen molar-refractivity contribution < 1.29 is 9.90 Å². The second kappa shape index (κ2) is 5.98. The lowest BCUT2D eigenvalue weighted by atomic mass is 10.2. The quantitative estimate of drug-likeness (QED) is 0.841. The van der Waals surface area contributed by atoms with Crippen LogP contribution in [0.3, 0.4) is 0 Å². The summed E-state index contributed by atoms with van der Waals surface area (Å²) in [6, 6.07) is 3.53. The summed E-state index contributed by atoms with van der Waals surface area (Å²) in [6.07, 6.45) is 1.82. The first kappa shape index (κ1) is 14.4. The fourth-order valence-corrected chi connectivity index (χ4v) is 2.86. The number of nitrogens with zero attached hydrogens (tertiary/aromatic N) is 3. The zero-order valence-electron chi connectivity index (χ0n) is 11.1. The number of pyridine rings is 1. The van der Waals surface area contributed by atoms with Crippen LogP contribution in [0.1, 0.15) is 16.8 Å². The number of hydrogen-bond donors (Lipinski definition) is 1. The van der Waals surface area contributed by atoms with Gasteiger partial charge < -0.3 is 14.9 Å². The van der Waals surface area contributed by atoms with E-state index in [1.807, 2.05) is 19.0 Å². The molecule has 0 aromatic carbocycles. The Morgan fingerprint density at radius 2 is 2.37 bits per heavy atom. The van der Waals surface area contributed by atoms with E-state index in [9.17, 15) is 9.90 Å². The highest BCUT2D eigenvalue weighted by molar-refractivity contribution is 9.10. The van der Waals surface area contributed by atoms with E-state index in [2.05, 4.69) is 20.9 Å². The maximum atomic E-state index is 12.5. The summed E-state index contributed by atoms with van der Waals surface area (Å²) in [5.41, 5.74) is 0.542. The van der Waals surface area contributed by atoms with Crippen LogP contribution in [0.5, 0.6) is 0 Å². The van der Waals surface area contributed by atoms with Gasteiger partial charge in [-0.1, -0.05) is 0 Å². The summed E-state index contributed by atoms with van der Waals surface area (Å²) >= 11 is 3.30. The van der Waals surface area contributed by atoms with Gasteiger partial charge in [-0.05, 0) is 48.6 Å². The molecule has 0 bridgehead atoms. The Morgan fingerprint density at radius 1 is 1.63 bits per heavy atom. The number of amides is 1. The molecule has 1 aliphatic heterocycles. The third kappa shape index (κ3) is 3.32. The van der Waals surface area contributed by atoms with Crippen LogP contribution in [0.4, 0.5) is 0 Å². The topological polar surface area (TPSA) is 56.7 Å². The Balaban J connectivity index is 2.19. The first-order valence-corrected chi connectivity index (χ1v) is 7.02. The molecule has 2 heterocycles. The summed E-state index contributed by atoms with van der Waals surface area (Å²) in [4.78, 5) is 20.4. The zero-order chi connectivity index (χ0) is 14.0. The number of carbonyl (C=O) groups is 1. The molecule has 1 aromatic heterocycles. The summed E-state index contributed by atoms with van der Waals surface area (Å²) < 4.78 is 0.546. The van der Waals surface area contributed by atoms with Crippen LogP contribution in [0, 0.1) is 0 Å². The van der Waals surface area contributed by atoms with Crippen molar-refractivity contribution in [3.8, 4) is 0 Å². The van der Waals surface area contributed by atoms with Crippen LogP contribution < -0.4 is 0 Å². The molecule has 1 N–H and O–H groups in total. The van der Waals surface area contributed by atoms with Crippen molar-refractivity contribution in [2.45, 2.75) is 18.6 Å². The van der Waals surface area contributed by atoms with Crippen LogP contribution in [0.15, 0.2) is 22.9 Å². The van der Waals surface area contributed by atoms with Gasteiger partial charge in [0.15, 0.2) is 0 Å². The van der Waals surface area contributed by atoms with Gasteiger partial charge in [-0.15, -0.1) is 0 Å². The molecule has 2 atom stereocenters. The number of likely N-dealkylation sites (tertiary alicyclic amines) is 1. The smallest absolute Gasteiger partial charge is 0.256 e. The normalized spacial score (nSPS) is 23.1. The molecule has 0 radical (unpaired) electrons. The maximum absolute atomic E-state index is 12.5. The number of β-amino-alcohol motifs (C(OH)–C–C–N with tert-alkyl or cyclic N) is 1. The van der Waals surface area contributed by atoms with E-state index in [1.54, 1.807) is 23.2 Å². The van der Waals surface area contributed by atoms with Gasteiger partial charge in [0.05, 0.1) is 11.7 Å². The zero-order valence-corrected chi connectivity index (χ0v) is 12.7. The summed E-state index contributed by atoms with van der Waals surface area (Å²) in [5, 5.41) is 9.81. The van der Waals surface area contributed by atoms with Gasteiger partial charge >= 0.3 is 0 Å². The second-order valence-electron chi connectivity index (χ2n) is 5.10. The van der Waals surface area contributed by atoms with E-state index in [0.717, 1.165) is 6.54 Å². The van der Waals surface area contributed by atoms with E-state index >= 15 is 0 Å². The Labute approximate surface area is 121 Å². The van der Waals surface area contributed by atoms with Gasteiger partial charge in [-0.25, -0.2) is 4.98 Å². The van der Waals surface area contributed by atoms with Gasteiger partial charge in [0.25, 0.3) is 5.91 Å². The largest absolute Gasteiger partial charge is 0.391 e. The predicted octanol–water partition coefficient (Wildman–Crippen LogP) is 0.981. The molecule has 1 aliphatic rings. The first-order valence-electron chi connectivity index (χ1n) is 6.23. The molecule has 104 valence electrons. The molecule has 1 aromatic rings. The van der Waals surface area contributed by atoms with Crippen LogP contribution >= 0.6 is 15.9 Å². The molecule has 0 aliphatic carbocycles. The number of hydrogen-bond acceptors (Lipinski definition) is 4. The third-order valence-electron chi connectivity index (χ3n) is 3.22. The Morgan fingerprint density at radius 3 is 3.00 bits per heavy atom. The molecule has 2 unspecified atom stereocenters. The molecule has 6 heteroatoms. The van der Waals surface area contributed by atoms with Crippen LogP contribution in [0.25, 0.3) is 0 Å². The molecule has 19 heavy (non-hydrogen) atoms. The molecular weight excluding hydrogens is 310 g/mol. The van der Waals surface area contributed by atoms with Crippen molar-refractivity contribution in [1.29, 1.82) is 0 Å². The van der Waals surface area contributed by atoms with E-state index in [0.29, 0.717) is 23.1 Å². The first-order chi connectivity index (χ1) is 8.99. The number of aromatic nitrogens is 1. The number of likely N-dealkylation sites (N-methyl/N-ethyl adjacent to an activating group) is 1. The third-order valence-corrected chi connectivity index (χ3v) is 3.85. The minimum atomic E-state index is -0.440. The molecular formula is C13H18BrN3O2. The highest BCUT2D eigenvalue weighted by Gasteiger charge is 2.35. The minimum absolute atomic E-state index is 0.0459. The predicted molar refractivity (Wildman–Crippen MR) is 75.9 cm³/mol. The molecule has 2 rings (SSSR count). The van der Waals surface area contributed by atoms with Crippen molar-refractivity contribution >= 4 is 21.8 Å². The Bertz CT molecular complexity index is 467. The van der Waals surface area contributed by atoms with E-state index in [4.69, 9.17) is 0 Å². The monoisotopic (exact) mass is 327 g/mol. The van der Waals surface area contributed by atoms with Gasteiger partial charge in [0.1, 0.15) is 4.60 Å². The SMILES string of the molecule is CN(C)CC1CC(O)CN1C(=O)c1cccnc1Br. The molecule has 0 spiro atoms. The van der Waals surface area contributed by atoms with E-state index in [-0.39, 0.29) is 11.9 Å². The van der Waals surface area contributed by atoms with Crippen LogP contribution in [0.2, 0.25) is 0 Å². The average Bonchev–Trinajstić information content (AvgIpc) is 2.69. The highest BCUT2D eigenvalue weighted by Crippen LogP contribution is 2.23. The van der Waals surface area contributed by atoms with Gasteiger partial charge in [0.2, 0.25) is 0 Å². The number of aliphatic hydroxyl groups excluding tert-OH is 1. The van der Waals surface area contributed by atoms with Gasteiger partial charge in [-0.2, -0.15) is 0 Å². The molecule has 1 amide bonds. The van der Waals surface area contributed by atoms with E-state index < -0.39 is 6.10 Å². The standard InChI is InChI=1S/C13H18BrN3O2/c1-16(2)7-9-6-10(18)8-17(9)13(19)11-4-3-5-15-12(11)14/h3-5,9-10,18H,6-8H2,1-2H3. The molecule has 1 fully saturated rings. The number of rotatable bonds is 3. The molecule has 0 saturated carbocycles. The van der Waals surface area contributed by atoms with Crippen LogP contribution in [-0.2, 0) is 0 Å². The fourth-order valence-electron chi connectivity index (χ4n) is 2.44. The second-order valence-corrected chi connectivity index (χ2v) is 5.86. The van der Waals surface area contributed by atoms with Crippen molar-refractivity contribution in [2.75, 3.05) is 27.2 Å². The van der Waals surface area contributed by atoms with E-state index in [1.165, 1.54) is 0 Å². The number of aliphatic hydroxyl groups is 1. The van der Waals surface area contributed by atoms with Crippen molar-refractivity contribution in [3.63, 3.8) is 0 Å². The fraction of sp³-hybridized carbons (Fsp3) is 0.538. The summed E-state index contributed by atoms with van der Waals surface area (Å²) in [5.74, 6) is -0.0802. The van der Waals surface area contributed by atoms with Crippen molar-refractivity contribution in [1.82, 2.24) is 14.8 Å². The van der Waals surface area contributed by atoms with Crippen LogP contribution in [-0.4, -0.2) is 65.1 Å². The molecule has 1 saturated heterocycles. The summed E-state index contributed by atoms with van der Waals surface area (Å²) in [6.45, 7) is 1.14. The number of halogens is 1. The lowest BCUT2D eigenvalue weighted by Gasteiger charge is -2.27. The van der Waals surface area contributed by atoms with Gasteiger partial charge in [0, 0.05) is 25.3 Å². The Kier molecular flexibility index (Phi) is 4.54. The number of carbonyl (C=O) groups excluding carboxylic acids is 1.